The van der Waals surface area contributed by atoms with E-state index in [2.05, 4.69) is 19.2 Å². The van der Waals surface area contributed by atoms with E-state index in [9.17, 15) is 4.79 Å². The topological polar surface area (TPSA) is 64.3 Å². The summed E-state index contributed by atoms with van der Waals surface area (Å²) in [5.41, 5.74) is 6.79. The monoisotopic (exact) mass is 282 g/mol. The van der Waals surface area contributed by atoms with Crippen molar-refractivity contribution in [1.29, 1.82) is 0 Å². The number of rotatable bonds is 3. The highest BCUT2D eigenvalue weighted by Crippen LogP contribution is 2.37. The number of nitrogens with two attached hydrogens (primary N) is 1. The first-order chi connectivity index (χ1) is 8.91. The molecule has 1 aliphatic carbocycles. The Balaban J connectivity index is 1.99. The predicted octanol–water partition coefficient (Wildman–Crippen LogP) is 3.50. The second kappa shape index (κ2) is 5.41. The fraction of sp³-hybridized carbons (Fsp3) is 0.643. The van der Waals surface area contributed by atoms with E-state index in [0.29, 0.717) is 22.0 Å². The zero-order valence-electron chi connectivity index (χ0n) is 11.8. The maximum Gasteiger partial charge on any atom is 0.350 e. The minimum absolute atomic E-state index is 0.361. The van der Waals surface area contributed by atoms with Gasteiger partial charge in [0, 0.05) is 6.04 Å². The van der Waals surface area contributed by atoms with Gasteiger partial charge in [0.2, 0.25) is 0 Å². The molecule has 4 nitrogen and oxygen atoms in total. The van der Waals surface area contributed by atoms with Crippen molar-refractivity contribution in [3.8, 4) is 0 Å². The number of thiophene rings is 1. The van der Waals surface area contributed by atoms with E-state index in [0.717, 1.165) is 5.00 Å². The number of anilines is 2. The van der Waals surface area contributed by atoms with Crippen LogP contribution in [0.2, 0.25) is 0 Å². The Morgan fingerprint density at radius 2 is 2.11 bits per heavy atom. The largest absolute Gasteiger partial charge is 0.465 e. The summed E-state index contributed by atoms with van der Waals surface area (Å²) in [5, 5.41) is 4.45. The van der Waals surface area contributed by atoms with Crippen molar-refractivity contribution < 1.29 is 9.53 Å². The highest BCUT2D eigenvalue weighted by Gasteiger charge is 2.27. The summed E-state index contributed by atoms with van der Waals surface area (Å²) in [6.07, 6.45) is 4.79. The van der Waals surface area contributed by atoms with E-state index in [1.165, 1.54) is 44.1 Å². The van der Waals surface area contributed by atoms with Gasteiger partial charge in [0.15, 0.2) is 0 Å². The second-order valence-electron chi connectivity index (χ2n) is 5.97. The average Bonchev–Trinajstić information content (AvgIpc) is 2.72. The summed E-state index contributed by atoms with van der Waals surface area (Å²) in [6, 6.07) is 2.31. The highest BCUT2D eigenvalue weighted by atomic mass is 32.1. The molecule has 19 heavy (non-hydrogen) atoms. The van der Waals surface area contributed by atoms with Crippen LogP contribution < -0.4 is 11.1 Å². The van der Waals surface area contributed by atoms with Gasteiger partial charge in [-0.15, -0.1) is 11.3 Å². The highest BCUT2D eigenvalue weighted by molar-refractivity contribution is 7.18. The zero-order valence-corrected chi connectivity index (χ0v) is 12.6. The number of hydrogen-bond acceptors (Lipinski definition) is 5. The van der Waals surface area contributed by atoms with E-state index in [-0.39, 0.29) is 5.97 Å². The van der Waals surface area contributed by atoms with E-state index in [1.54, 1.807) is 0 Å². The molecule has 3 N–H and O–H groups in total. The van der Waals surface area contributed by atoms with Gasteiger partial charge in [-0.1, -0.05) is 13.8 Å². The fourth-order valence-electron chi connectivity index (χ4n) is 2.47. The van der Waals surface area contributed by atoms with Gasteiger partial charge in [0.1, 0.15) is 4.88 Å². The summed E-state index contributed by atoms with van der Waals surface area (Å²) >= 11 is 1.38. The van der Waals surface area contributed by atoms with E-state index < -0.39 is 0 Å². The van der Waals surface area contributed by atoms with Crippen molar-refractivity contribution >= 4 is 28.0 Å². The van der Waals surface area contributed by atoms with Gasteiger partial charge in [-0.2, -0.15) is 0 Å². The predicted molar refractivity (Wildman–Crippen MR) is 79.7 cm³/mol. The first-order valence-corrected chi connectivity index (χ1v) is 7.47. The molecule has 106 valence electrons. The molecular formula is C14H22N2O2S. The van der Waals surface area contributed by atoms with Crippen LogP contribution in [0.5, 0.6) is 0 Å². The minimum atomic E-state index is -0.361. The Labute approximate surface area is 118 Å². The molecule has 1 aromatic rings. The molecule has 1 fully saturated rings. The van der Waals surface area contributed by atoms with Crippen LogP contribution in [0.1, 0.15) is 49.2 Å². The number of carbonyl (C=O) groups excluding carboxylic acids is 1. The molecule has 0 spiro atoms. The first-order valence-electron chi connectivity index (χ1n) is 6.65. The van der Waals surface area contributed by atoms with Gasteiger partial charge < -0.3 is 15.8 Å². The van der Waals surface area contributed by atoms with Crippen molar-refractivity contribution in [2.24, 2.45) is 5.41 Å². The maximum absolute atomic E-state index is 11.5. The van der Waals surface area contributed by atoms with Gasteiger partial charge in [0.05, 0.1) is 17.8 Å². The van der Waals surface area contributed by atoms with Crippen LogP contribution in [0.3, 0.4) is 0 Å². The summed E-state index contributed by atoms with van der Waals surface area (Å²) in [6.45, 7) is 4.64. The molecule has 0 bridgehead atoms. The molecule has 1 aliphatic rings. The number of carbonyl (C=O) groups is 1. The Morgan fingerprint density at radius 1 is 1.47 bits per heavy atom. The third-order valence-electron chi connectivity index (χ3n) is 3.82. The molecule has 0 radical (unpaired) electrons. The number of hydrogen-bond donors (Lipinski definition) is 2. The van der Waals surface area contributed by atoms with Gasteiger partial charge in [-0.05, 0) is 37.2 Å². The van der Waals surface area contributed by atoms with E-state index in [1.807, 2.05) is 6.07 Å². The Bertz CT molecular complexity index is 458. The van der Waals surface area contributed by atoms with Crippen LogP contribution in [0.4, 0.5) is 10.7 Å². The molecule has 1 saturated carbocycles. The molecule has 0 aliphatic heterocycles. The number of esters is 1. The number of nitrogen functional groups attached to an aromatic ring is 1. The standard InChI is InChI=1S/C14H22N2O2S/c1-14(2)6-4-9(5-7-14)16-11-8-10(15)12(19-11)13(17)18-3/h8-9,16H,4-7,15H2,1-3H3. The molecule has 0 saturated heterocycles. The van der Waals surface area contributed by atoms with Gasteiger partial charge in [-0.25, -0.2) is 4.79 Å². The summed E-state index contributed by atoms with van der Waals surface area (Å²) in [5.74, 6) is -0.361. The summed E-state index contributed by atoms with van der Waals surface area (Å²) in [7, 11) is 1.37. The number of methoxy groups -OCH3 is 1. The zero-order chi connectivity index (χ0) is 14.0. The van der Waals surface area contributed by atoms with Crippen molar-refractivity contribution in [2.45, 2.75) is 45.6 Å². The molecule has 0 atom stereocenters. The average molecular weight is 282 g/mol. The lowest BCUT2D eigenvalue weighted by Gasteiger charge is -2.34. The van der Waals surface area contributed by atoms with Crippen molar-refractivity contribution in [1.82, 2.24) is 0 Å². The number of ether oxygens (including phenoxy) is 1. The Morgan fingerprint density at radius 3 is 2.68 bits per heavy atom. The third-order valence-corrected chi connectivity index (χ3v) is 4.88. The lowest BCUT2D eigenvalue weighted by Crippen LogP contribution is -2.29. The van der Waals surface area contributed by atoms with Gasteiger partial charge in [-0.3, -0.25) is 0 Å². The van der Waals surface area contributed by atoms with E-state index >= 15 is 0 Å². The first kappa shape index (κ1) is 14.2. The van der Waals surface area contributed by atoms with Crippen molar-refractivity contribution in [2.75, 3.05) is 18.2 Å². The maximum atomic E-state index is 11.5. The molecule has 1 heterocycles. The fourth-order valence-corrected chi connectivity index (χ4v) is 3.45. The quantitative estimate of drug-likeness (QED) is 0.833. The Hall–Kier alpha value is -1.23. The molecular weight excluding hydrogens is 260 g/mol. The molecule has 2 rings (SSSR count). The SMILES string of the molecule is COC(=O)c1sc(NC2CCC(C)(C)CC2)cc1N. The third kappa shape index (κ3) is 3.41. The van der Waals surface area contributed by atoms with Crippen LogP contribution in [-0.2, 0) is 4.74 Å². The smallest absolute Gasteiger partial charge is 0.350 e. The molecule has 5 heteroatoms. The molecule has 0 amide bonds. The van der Waals surface area contributed by atoms with E-state index in [4.69, 9.17) is 10.5 Å². The van der Waals surface area contributed by atoms with Crippen LogP contribution >= 0.6 is 11.3 Å². The van der Waals surface area contributed by atoms with Crippen molar-refractivity contribution in [3.05, 3.63) is 10.9 Å². The molecule has 0 unspecified atom stereocenters. The Kier molecular flexibility index (Phi) is 4.04. The summed E-state index contributed by atoms with van der Waals surface area (Å²) < 4.78 is 4.71. The lowest BCUT2D eigenvalue weighted by atomic mass is 9.76. The normalized spacial score (nSPS) is 19.1. The van der Waals surface area contributed by atoms with Gasteiger partial charge in [0.25, 0.3) is 0 Å². The lowest BCUT2D eigenvalue weighted by molar-refractivity contribution is 0.0607. The molecule has 0 aromatic carbocycles. The van der Waals surface area contributed by atoms with Crippen LogP contribution in [0.25, 0.3) is 0 Å². The molecule has 1 aromatic heterocycles. The van der Waals surface area contributed by atoms with Crippen LogP contribution in [0, 0.1) is 5.41 Å². The minimum Gasteiger partial charge on any atom is -0.465 e. The summed E-state index contributed by atoms with van der Waals surface area (Å²) in [4.78, 5) is 12.0. The second-order valence-corrected chi connectivity index (χ2v) is 7.02. The van der Waals surface area contributed by atoms with Crippen LogP contribution in [0.15, 0.2) is 6.07 Å². The van der Waals surface area contributed by atoms with Crippen molar-refractivity contribution in [3.63, 3.8) is 0 Å². The van der Waals surface area contributed by atoms with Gasteiger partial charge >= 0.3 is 5.97 Å². The number of nitrogens with one attached hydrogen (secondary N) is 1. The van der Waals surface area contributed by atoms with Crippen LogP contribution in [-0.4, -0.2) is 19.1 Å².